The Morgan fingerprint density at radius 1 is 1.21 bits per heavy atom. The minimum Gasteiger partial charge on any atom is -0.497 e. The smallest absolute Gasteiger partial charge is 0.243 e. The molecule has 1 aromatic carbocycles. The second kappa shape index (κ2) is 9.39. The largest absolute Gasteiger partial charge is 0.497 e. The first-order valence-electron chi connectivity index (χ1n) is 6.82. The van der Waals surface area contributed by atoms with Crippen molar-refractivity contribution in [2.45, 2.75) is 44.9 Å². The van der Waals surface area contributed by atoms with Crippen LogP contribution < -0.4 is 10.2 Å². The summed E-state index contributed by atoms with van der Waals surface area (Å²) in [7, 11) is 1.68. The second-order valence-corrected chi connectivity index (χ2v) is 4.65. The van der Waals surface area contributed by atoms with E-state index in [0.717, 1.165) is 44.3 Å². The van der Waals surface area contributed by atoms with Gasteiger partial charge < -0.3 is 4.74 Å². The van der Waals surface area contributed by atoms with Crippen LogP contribution in [0.3, 0.4) is 0 Å². The van der Waals surface area contributed by atoms with Crippen molar-refractivity contribution >= 4 is 5.91 Å². The molecule has 0 aliphatic heterocycles. The van der Waals surface area contributed by atoms with Gasteiger partial charge in [-0.2, -0.15) is 0 Å². The summed E-state index contributed by atoms with van der Waals surface area (Å²) in [6, 6.07) is 8.16. The van der Waals surface area contributed by atoms with Crippen LogP contribution in [-0.2, 0) is 11.2 Å². The zero-order valence-corrected chi connectivity index (χ0v) is 11.5. The predicted octanol–water partition coefficient (Wildman–Crippen LogP) is 3.08. The lowest BCUT2D eigenvalue weighted by molar-refractivity contribution is -0.129. The number of benzene rings is 1. The number of hydrogen-bond donors (Lipinski definition) is 2. The molecule has 4 heteroatoms. The van der Waals surface area contributed by atoms with Crippen LogP contribution in [0.15, 0.2) is 24.3 Å². The summed E-state index contributed by atoms with van der Waals surface area (Å²) in [6.45, 7) is 0. The Balaban J connectivity index is 2.05. The van der Waals surface area contributed by atoms with Crippen LogP contribution in [0, 0.1) is 0 Å². The van der Waals surface area contributed by atoms with Crippen LogP contribution in [0.2, 0.25) is 0 Å². The summed E-state index contributed by atoms with van der Waals surface area (Å²) in [6.07, 6.45) is 6.79. The first-order valence-corrected chi connectivity index (χ1v) is 6.82. The number of amides is 1. The molecule has 19 heavy (non-hydrogen) atoms. The average Bonchev–Trinajstić information content (AvgIpc) is 2.46. The monoisotopic (exact) mass is 265 g/mol. The zero-order chi connectivity index (χ0) is 13.9. The van der Waals surface area contributed by atoms with E-state index in [9.17, 15) is 4.79 Å². The zero-order valence-electron chi connectivity index (χ0n) is 11.5. The van der Waals surface area contributed by atoms with Crippen molar-refractivity contribution in [1.29, 1.82) is 0 Å². The van der Waals surface area contributed by atoms with Gasteiger partial charge in [-0.1, -0.05) is 31.4 Å². The molecule has 0 fully saturated rings. The quantitative estimate of drug-likeness (QED) is 0.410. The molecular weight excluding hydrogens is 242 g/mol. The summed E-state index contributed by atoms with van der Waals surface area (Å²) >= 11 is 0. The fraction of sp³-hybridized carbons (Fsp3) is 0.533. The lowest BCUT2D eigenvalue weighted by Gasteiger charge is -2.04. The molecular formula is C15H23NO3. The van der Waals surface area contributed by atoms with E-state index in [1.807, 2.05) is 12.1 Å². The summed E-state index contributed by atoms with van der Waals surface area (Å²) in [5.74, 6) is 0.615. The molecule has 0 aromatic heterocycles. The standard InChI is InChI=1S/C15H23NO3/c1-19-14-10-7-9-13(12-14)8-5-3-2-4-6-11-15(17)16-18/h7,9-10,12,18H,2-6,8,11H2,1H3,(H,16,17). The van der Waals surface area contributed by atoms with Crippen LogP contribution in [-0.4, -0.2) is 18.2 Å². The van der Waals surface area contributed by atoms with E-state index >= 15 is 0 Å². The summed E-state index contributed by atoms with van der Waals surface area (Å²) < 4.78 is 5.19. The molecule has 0 saturated heterocycles. The van der Waals surface area contributed by atoms with Crippen molar-refractivity contribution < 1.29 is 14.7 Å². The molecule has 0 radical (unpaired) electrons. The molecule has 0 bridgehead atoms. The van der Waals surface area contributed by atoms with Gasteiger partial charge in [-0.15, -0.1) is 0 Å². The van der Waals surface area contributed by atoms with Gasteiger partial charge in [-0.25, -0.2) is 5.48 Å². The van der Waals surface area contributed by atoms with Crippen molar-refractivity contribution in [3.05, 3.63) is 29.8 Å². The Labute approximate surface area is 114 Å². The van der Waals surface area contributed by atoms with Crippen LogP contribution in [0.5, 0.6) is 5.75 Å². The minimum atomic E-state index is -0.295. The number of hydrogen-bond acceptors (Lipinski definition) is 3. The summed E-state index contributed by atoms with van der Waals surface area (Å²) in [5, 5.41) is 8.33. The number of rotatable bonds is 9. The van der Waals surface area contributed by atoms with Gasteiger partial charge in [0.05, 0.1) is 7.11 Å². The molecule has 1 amide bonds. The van der Waals surface area contributed by atoms with Crippen LogP contribution in [0.4, 0.5) is 0 Å². The SMILES string of the molecule is COc1cccc(CCCCCCCC(=O)NO)c1. The third-order valence-corrected chi connectivity index (χ3v) is 3.13. The van der Waals surface area contributed by atoms with Crippen molar-refractivity contribution in [2.24, 2.45) is 0 Å². The summed E-state index contributed by atoms with van der Waals surface area (Å²) in [4.78, 5) is 10.8. The number of hydroxylamine groups is 1. The molecule has 0 spiro atoms. The van der Waals surface area contributed by atoms with Crippen LogP contribution in [0.1, 0.15) is 44.1 Å². The van der Waals surface area contributed by atoms with Crippen molar-refractivity contribution in [3.8, 4) is 5.75 Å². The summed E-state index contributed by atoms with van der Waals surface area (Å²) in [5.41, 5.74) is 2.95. The van der Waals surface area contributed by atoms with Gasteiger partial charge in [0.15, 0.2) is 0 Å². The van der Waals surface area contributed by atoms with Gasteiger partial charge >= 0.3 is 0 Å². The Kier molecular flexibility index (Phi) is 7.66. The normalized spacial score (nSPS) is 10.2. The molecule has 1 aromatic rings. The number of carbonyl (C=O) groups is 1. The number of carbonyl (C=O) groups excluding carboxylic acids is 1. The topological polar surface area (TPSA) is 58.6 Å². The molecule has 1 rings (SSSR count). The first-order chi connectivity index (χ1) is 9.26. The molecule has 0 atom stereocenters. The highest BCUT2D eigenvalue weighted by Gasteiger charge is 1.99. The number of nitrogens with one attached hydrogen (secondary N) is 1. The van der Waals surface area contributed by atoms with Crippen molar-refractivity contribution in [2.75, 3.05) is 7.11 Å². The predicted molar refractivity (Wildman–Crippen MR) is 74.3 cm³/mol. The maximum atomic E-state index is 10.8. The maximum Gasteiger partial charge on any atom is 0.243 e. The number of unbranched alkanes of at least 4 members (excludes halogenated alkanes) is 4. The van der Waals surface area contributed by atoms with Gasteiger partial charge in [0, 0.05) is 6.42 Å². The van der Waals surface area contributed by atoms with Crippen molar-refractivity contribution in [3.63, 3.8) is 0 Å². The van der Waals surface area contributed by atoms with E-state index in [0.29, 0.717) is 6.42 Å². The van der Waals surface area contributed by atoms with Crippen LogP contribution in [0.25, 0.3) is 0 Å². The molecule has 0 aliphatic carbocycles. The molecule has 0 unspecified atom stereocenters. The highest BCUT2D eigenvalue weighted by molar-refractivity contribution is 5.74. The fourth-order valence-corrected chi connectivity index (χ4v) is 2.03. The Morgan fingerprint density at radius 2 is 1.95 bits per heavy atom. The maximum absolute atomic E-state index is 10.8. The lowest BCUT2D eigenvalue weighted by atomic mass is 10.0. The van der Waals surface area contributed by atoms with Gasteiger partial charge in [-0.05, 0) is 37.0 Å². The Bertz CT molecular complexity index is 379. The highest BCUT2D eigenvalue weighted by atomic mass is 16.5. The average molecular weight is 265 g/mol. The molecule has 2 N–H and O–H groups in total. The highest BCUT2D eigenvalue weighted by Crippen LogP contribution is 2.15. The van der Waals surface area contributed by atoms with Crippen LogP contribution >= 0.6 is 0 Å². The lowest BCUT2D eigenvalue weighted by Crippen LogP contribution is -2.17. The Morgan fingerprint density at radius 3 is 2.68 bits per heavy atom. The number of ether oxygens (including phenoxy) is 1. The van der Waals surface area contributed by atoms with E-state index in [1.165, 1.54) is 5.56 Å². The molecule has 106 valence electrons. The second-order valence-electron chi connectivity index (χ2n) is 4.65. The molecule has 0 aliphatic rings. The first kappa shape index (κ1) is 15.5. The van der Waals surface area contributed by atoms with Gasteiger partial charge in [-0.3, -0.25) is 10.0 Å². The van der Waals surface area contributed by atoms with E-state index < -0.39 is 0 Å². The molecule has 0 saturated carbocycles. The van der Waals surface area contributed by atoms with E-state index in [2.05, 4.69) is 12.1 Å². The third-order valence-electron chi connectivity index (χ3n) is 3.13. The molecule has 0 heterocycles. The van der Waals surface area contributed by atoms with Gasteiger partial charge in [0.2, 0.25) is 5.91 Å². The van der Waals surface area contributed by atoms with E-state index in [-0.39, 0.29) is 5.91 Å². The third kappa shape index (κ3) is 6.82. The van der Waals surface area contributed by atoms with E-state index in [1.54, 1.807) is 12.6 Å². The van der Waals surface area contributed by atoms with Crippen molar-refractivity contribution in [1.82, 2.24) is 5.48 Å². The van der Waals surface area contributed by atoms with E-state index in [4.69, 9.17) is 9.94 Å². The molecule has 4 nitrogen and oxygen atoms in total. The minimum absolute atomic E-state index is 0.295. The number of aryl methyl sites for hydroxylation is 1. The Hall–Kier alpha value is -1.55. The fourth-order valence-electron chi connectivity index (χ4n) is 2.03. The van der Waals surface area contributed by atoms with Gasteiger partial charge in [0.25, 0.3) is 0 Å². The van der Waals surface area contributed by atoms with Gasteiger partial charge in [0.1, 0.15) is 5.75 Å². The number of methoxy groups -OCH3 is 1.